The van der Waals surface area contributed by atoms with Crippen LogP contribution in [0.3, 0.4) is 0 Å². The van der Waals surface area contributed by atoms with Crippen LogP contribution in [-0.4, -0.2) is 42.4 Å². The fraction of sp³-hybridized carbons (Fsp3) is 0.375. The van der Waals surface area contributed by atoms with E-state index >= 15 is 0 Å². The van der Waals surface area contributed by atoms with Crippen molar-refractivity contribution in [2.24, 2.45) is 5.92 Å². The molecule has 0 aliphatic carbocycles. The minimum atomic E-state index is -0.943. The van der Waals surface area contributed by atoms with Crippen LogP contribution in [-0.2, 0) is 25.7 Å². The van der Waals surface area contributed by atoms with Crippen molar-refractivity contribution in [2.45, 2.75) is 39.0 Å². The molecule has 0 unspecified atom stereocenters. The van der Waals surface area contributed by atoms with E-state index in [1.807, 2.05) is 61.5 Å². The Balaban J connectivity index is 1.49. The second-order valence-corrected chi connectivity index (χ2v) is 7.68. The highest BCUT2D eigenvalue weighted by atomic mass is 16.5. The van der Waals surface area contributed by atoms with Crippen molar-refractivity contribution in [1.29, 1.82) is 0 Å². The lowest BCUT2D eigenvalue weighted by molar-refractivity contribution is -0.158. The third-order valence-electron chi connectivity index (χ3n) is 5.53. The van der Waals surface area contributed by atoms with Crippen molar-refractivity contribution >= 4 is 17.8 Å². The van der Waals surface area contributed by atoms with Crippen LogP contribution >= 0.6 is 0 Å². The van der Waals surface area contributed by atoms with E-state index < -0.39 is 18.0 Å². The summed E-state index contributed by atoms with van der Waals surface area (Å²) in [6.45, 7) is 4.07. The minimum absolute atomic E-state index is 0.0880. The molecule has 3 rings (SSSR count). The number of hydrogen-bond acceptors (Lipinski definition) is 5. The highest BCUT2D eigenvalue weighted by Crippen LogP contribution is 2.29. The number of rotatable bonds is 8. The molecule has 1 heterocycles. The molecule has 0 aromatic heterocycles. The van der Waals surface area contributed by atoms with Gasteiger partial charge in [-0.1, -0.05) is 42.5 Å². The van der Waals surface area contributed by atoms with Crippen LogP contribution in [0.15, 0.2) is 54.6 Å². The molecule has 1 N–H and O–H groups in total. The van der Waals surface area contributed by atoms with Gasteiger partial charge in [0.1, 0.15) is 5.75 Å². The molecular weight excluding hydrogens is 396 g/mol. The second-order valence-electron chi connectivity index (χ2n) is 7.68. The van der Waals surface area contributed by atoms with Gasteiger partial charge in [-0.15, -0.1) is 0 Å². The normalized spacial score (nSPS) is 17.7. The molecule has 2 aromatic rings. The number of ether oxygens (including phenoxy) is 2. The van der Waals surface area contributed by atoms with Crippen LogP contribution in [0.2, 0.25) is 0 Å². The summed E-state index contributed by atoms with van der Waals surface area (Å²) in [5.74, 6) is -0.837. The first-order valence-corrected chi connectivity index (χ1v) is 10.3. The van der Waals surface area contributed by atoms with Crippen LogP contribution < -0.4 is 10.1 Å². The summed E-state index contributed by atoms with van der Waals surface area (Å²) in [5.41, 5.74) is 1.91. The van der Waals surface area contributed by atoms with E-state index in [4.69, 9.17) is 9.47 Å². The number of amides is 2. The smallest absolute Gasteiger partial charge is 0.312 e. The van der Waals surface area contributed by atoms with Crippen molar-refractivity contribution in [3.63, 3.8) is 0 Å². The molecule has 31 heavy (non-hydrogen) atoms. The second kappa shape index (κ2) is 10.1. The van der Waals surface area contributed by atoms with Crippen LogP contribution in [0.25, 0.3) is 0 Å². The zero-order valence-corrected chi connectivity index (χ0v) is 18.0. The maximum atomic E-state index is 12.6. The van der Waals surface area contributed by atoms with Gasteiger partial charge in [-0.3, -0.25) is 14.4 Å². The standard InChI is InChI=1S/C24H28N2O5/c1-16(19-7-5-4-6-8-19)26-15-20(13-22(26)27)24(29)31-17(2)23(28)25-14-18-9-11-21(30-3)12-10-18/h4-12,16-17,20H,13-15H2,1-3H3,(H,25,28)/t16-,17-,20-/m0/s1. The number of likely N-dealkylation sites (tertiary alicyclic amines) is 1. The summed E-state index contributed by atoms with van der Waals surface area (Å²) in [4.78, 5) is 39.0. The predicted octanol–water partition coefficient (Wildman–Crippen LogP) is 2.85. The Hall–Kier alpha value is -3.35. The summed E-state index contributed by atoms with van der Waals surface area (Å²) in [6, 6.07) is 16.9. The molecule has 3 atom stereocenters. The molecule has 2 aromatic carbocycles. The van der Waals surface area contributed by atoms with Gasteiger partial charge in [0.25, 0.3) is 5.91 Å². The number of carbonyl (C=O) groups excluding carboxylic acids is 3. The van der Waals surface area contributed by atoms with E-state index in [0.717, 1.165) is 16.9 Å². The maximum absolute atomic E-state index is 12.6. The Labute approximate surface area is 182 Å². The number of benzene rings is 2. The number of esters is 1. The van der Waals surface area contributed by atoms with Crippen LogP contribution in [0, 0.1) is 5.92 Å². The van der Waals surface area contributed by atoms with Crippen LogP contribution in [0.1, 0.15) is 37.4 Å². The maximum Gasteiger partial charge on any atom is 0.312 e. The van der Waals surface area contributed by atoms with Crippen molar-refractivity contribution in [3.8, 4) is 5.75 Å². The number of carbonyl (C=O) groups is 3. The predicted molar refractivity (Wildman–Crippen MR) is 115 cm³/mol. The first kappa shape index (κ1) is 22.3. The lowest BCUT2D eigenvalue weighted by Crippen LogP contribution is -2.37. The van der Waals surface area contributed by atoms with Crippen molar-refractivity contribution in [3.05, 3.63) is 65.7 Å². The largest absolute Gasteiger partial charge is 0.497 e. The van der Waals surface area contributed by atoms with Gasteiger partial charge in [-0.2, -0.15) is 0 Å². The molecule has 0 bridgehead atoms. The van der Waals surface area contributed by atoms with Gasteiger partial charge in [-0.25, -0.2) is 0 Å². The Bertz CT molecular complexity index is 913. The van der Waals surface area contributed by atoms with E-state index in [9.17, 15) is 14.4 Å². The molecule has 1 saturated heterocycles. The number of nitrogens with zero attached hydrogens (tertiary/aromatic N) is 1. The molecular formula is C24H28N2O5. The van der Waals surface area contributed by atoms with Gasteiger partial charge in [-0.05, 0) is 37.1 Å². The fourth-order valence-electron chi connectivity index (χ4n) is 3.58. The minimum Gasteiger partial charge on any atom is -0.497 e. The van der Waals surface area contributed by atoms with Gasteiger partial charge < -0.3 is 19.7 Å². The van der Waals surface area contributed by atoms with E-state index in [0.29, 0.717) is 6.54 Å². The summed E-state index contributed by atoms with van der Waals surface area (Å²) in [6.07, 6.45) is -0.850. The molecule has 0 spiro atoms. The molecule has 1 aliphatic rings. The zero-order valence-electron chi connectivity index (χ0n) is 18.0. The fourth-order valence-corrected chi connectivity index (χ4v) is 3.58. The van der Waals surface area contributed by atoms with E-state index in [-0.39, 0.29) is 30.8 Å². The summed E-state index contributed by atoms with van der Waals surface area (Å²) in [7, 11) is 1.59. The number of hydrogen-bond donors (Lipinski definition) is 1. The van der Waals surface area contributed by atoms with Gasteiger partial charge in [0, 0.05) is 19.5 Å². The van der Waals surface area contributed by atoms with Gasteiger partial charge in [0.05, 0.1) is 19.1 Å². The topological polar surface area (TPSA) is 84.9 Å². The van der Waals surface area contributed by atoms with Crippen LogP contribution in [0.4, 0.5) is 0 Å². The third kappa shape index (κ3) is 5.63. The Morgan fingerprint density at radius 1 is 1.10 bits per heavy atom. The van der Waals surface area contributed by atoms with Gasteiger partial charge in [0.2, 0.25) is 5.91 Å². The lowest BCUT2D eigenvalue weighted by atomic mass is 10.1. The van der Waals surface area contributed by atoms with Crippen molar-refractivity contribution in [1.82, 2.24) is 10.2 Å². The Morgan fingerprint density at radius 3 is 2.42 bits per heavy atom. The SMILES string of the molecule is COc1ccc(CNC(=O)[C@H](C)OC(=O)[C@H]2CC(=O)N([C@@H](C)c3ccccc3)C2)cc1. The van der Waals surface area contributed by atoms with Crippen LogP contribution in [0.5, 0.6) is 5.75 Å². The molecule has 0 saturated carbocycles. The number of nitrogens with one attached hydrogen (secondary N) is 1. The molecule has 7 heteroatoms. The average Bonchev–Trinajstić information content (AvgIpc) is 3.19. The van der Waals surface area contributed by atoms with Gasteiger partial charge >= 0.3 is 5.97 Å². The average molecular weight is 424 g/mol. The Kier molecular flexibility index (Phi) is 7.28. The highest BCUT2D eigenvalue weighted by Gasteiger charge is 2.38. The highest BCUT2D eigenvalue weighted by molar-refractivity contribution is 5.89. The monoisotopic (exact) mass is 424 g/mol. The Morgan fingerprint density at radius 2 is 1.77 bits per heavy atom. The first-order valence-electron chi connectivity index (χ1n) is 10.3. The third-order valence-corrected chi connectivity index (χ3v) is 5.53. The number of methoxy groups -OCH3 is 1. The summed E-state index contributed by atoms with van der Waals surface area (Å²) >= 11 is 0. The molecule has 1 fully saturated rings. The van der Waals surface area contributed by atoms with Crippen molar-refractivity contribution in [2.75, 3.05) is 13.7 Å². The first-order chi connectivity index (χ1) is 14.9. The van der Waals surface area contributed by atoms with E-state index in [1.165, 1.54) is 6.92 Å². The zero-order chi connectivity index (χ0) is 22.4. The van der Waals surface area contributed by atoms with Gasteiger partial charge in [0.15, 0.2) is 6.10 Å². The molecule has 2 amide bonds. The summed E-state index contributed by atoms with van der Waals surface area (Å²) < 4.78 is 10.5. The van der Waals surface area contributed by atoms with Crippen molar-refractivity contribution < 1.29 is 23.9 Å². The summed E-state index contributed by atoms with van der Waals surface area (Å²) in [5, 5.41) is 2.76. The molecule has 0 radical (unpaired) electrons. The molecule has 164 valence electrons. The quantitative estimate of drug-likeness (QED) is 0.659. The van der Waals surface area contributed by atoms with E-state index in [1.54, 1.807) is 12.0 Å². The molecule has 1 aliphatic heterocycles. The lowest BCUT2D eigenvalue weighted by Gasteiger charge is -2.25. The van der Waals surface area contributed by atoms with E-state index in [2.05, 4.69) is 5.32 Å². The molecule has 7 nitrogen and oxygen atoms in total.